The highest BCUT2D eigenvalue weighted by Gasteiger charge is 2.23. The largest absolute Gasteiger partial charge is 0.324 e. The van der Waals surface area contributed by atoms with E-state index in [0.29, 0.717) is 0 Å². The quantitative estimate of drug-likeness (QED) is 0.852. The van der Waals surface area contributed by atoms with Gasteiger partial charge >= 0.3 is 0 Å². The molecule has 0 spiro atoms. The molecule has 0 saturated carbocycles. The summed E-state index contributed by atoms with van der Waals surface area (Å²) in [6, 6.07) is 18.0. The summed E-state index contributed by atoms with van der Waals surface area (Å²) in [4.78, 5) is 14.8. The van der Waals surface area contributed by atoms with Crippen LogP contribution >= 0.6 is 24.8 Å². The van der Waals surface area contributed by atoms with E-state index >= 15 is 0 Å². The fourth-order valence-corrected chi connectivity index (χ4v) is 2.93. The van der Waals surface area contributed by atoms with Gasteiger partial charge in [0.1, 0.15) is 0 Å². The molecule has 1 aliphatic rings. The maximum Gasteiger partial charge on any atom is 0.241 e. The summed E-state index contributed by atoms with van der Waals surface area (Å²) >= 11 is 0. The monoisotopic (exact) mass is 381 g/mol. The Labute approximate surface area is 161 Å². The van der Waals surface area contributed by atoms with Crippen LogP contribution in [0, 0.1) is 0 Å². The van der Waals surface area contributed by atoms with Gasteiger partial charge in [0.15, 0.2) is 0 Å². The predicted octanol–water partition coefficient (Wildman–Crippen LogP) is 3.43. The van der Waals surface area contributed by atoms with E-state index in [-0.39, 0.29) is 36.8 Å². The van der Waals surface area contributed by atoms with Crippen molar-refractivity contribution < 1.29 is 4.79 Å². The van der Waals surface area contributed by atoms with Crippen molar-refractivity contribution in [2.24, 2.45) is 0 Å². The van der Waals surface area contributed by atoms with E-state index in [9.17, 15) is 4.79 Å². The Morgan fingerprint density at radius 3 is 2.28 bits per heavy atom. The van der Waals surface area contributed by atoms with Crippen molar-refractivity contribution in [3.8, 4) is 11.1 Å². The standard InChI is InChI=1S/C19H23N3O.2ClH/c1-15(22-13-11-20-12-14-22)19(23)21-18-10-6-5-9-17(18)16-7-3-2-4-8-16;;/h2-10,15,20H,11-14H2,1H3,(H,21,23);2*1H. The minimum atomic E-state index is -0.124. The van der Waals surface area contributed by atoms with Crippen LogP contribution in [0.15, 0.2) is 54.6 Å². The van der Waals surface area contributed by atoms with Gasteiger partial charge in [0.2, 0.25) is 5.91 Å². The fourth-order valence-electron chi connectivity index (χ4n) is 2.93. The lowest BCUT2D eigenvalue weighted by molar-refractivity contribution is -0.120. The summed E-state index contributed by atoms with van der Waals surface area (Å²) in [7, 11) is 0. The van der Waals surface area contributed by atoms with E-state index in [1.165, 1.54) is 0 Å². The summed E-state index contributed by atoms with van der Waals surface area (Å²) in [5.41, 5.74) is 3.03. The molecule has 0 aromatic heterocycles. The second kappa shape index (κ2) is 10.4. The van der Waals surface area contributed by atoms with E-state index in [0.717, 1.165) is 43.0 Å². The lowest BCUT2D eigenvalue weighted by atomic mass is 10.0. The molecule has 1 unspecified atom stereocenters. The highest BCUT2D eigenvalue weighted by Crippen LogP contribution is 2.27. The number of hydrogen-bond donors (Lipinski definition) is 2. The van der Waals surface area contributed by atoms with Crippen LogP contribution in [0.1, 0.15) is 6.92 Å². The third-order valence-corrected chi connectivity index (χ3v) is 4.35. The lowest BCUT2D eigenvalue weighted by Gasteiger charge is -2.32. The Hall–Kier alpha value is -1.59. The Morgan fingerprint density at radius 1 is 1.00 bits per heavy atom. The van der Waals surface area contributed by atoms with Gasteiger partial charge in [-0.05, 0) is 18.6 Å². The average molecular weight is 382 g/mol. The summed E-state index contributed by atoms with van der Waals surface area (Å²) in [5, 5.41) is 6.42. The van der Waals surface area contributed by atoms with Crippen LogP contribution in [-0.4, -0.2) is 43.0 Å². The van der Waals surface area contributed by atoms with Crippen molar-refractivity contribution in [2.45, 2.75) is 13.0 Å². The van der Waals surface area contributed by atoms with Crippen LogP contribution < -0.4 is 10.6 Å². The number of nitrogens with one attached hydrogen (secondary N) is 2. The number of amides is 1. The van der Waals surface area contributed by atoms with Gasteiger partial charge in [-0.1, -0.05) is 48.5 Å². The number of carbonyl (C=O) groups is 1. The number of halogens is 2. The van der Waals surface area contributed by atoms with E-state index in [4.69, 9.17) is 0 Å². The molecule has 4 nitrogen and oxygen atoms in total. The van der Waals surface area contributed by atoms with Crippen LogP contribution in [0.3, 0.4) is 0 Å². The molecule has 1 aliphatic heterocycles. The van der Waals surface area contributed by atoms with Crippen LogP contribution in [0.25, 0.3) is 11.1 Å². The Kier molecular flexibility index (Phi) is 8.93. The van der Waals surface area contributed by atoms with Crippen molar-refractivity contribution in [1.82, 2.24) is 10.2 Å². The summed E-state index contributed by atoms with van der Waals surface area (Å²) in [5.74, 6) is 0.0512. The third kappa shape index (κ3) is 5.44. The first-order chi connectivity index (χ1) is 11.3. The molecule has 0 bridgehead atoms. The first-order valence-electron chi connectivity index (χ1n) is 8.16. The zero-order valence-corrected chi connectivity index (χ0v) is 15.9. The highest BCUT2D eigenvalue weighted by molar-refractivity contribution is 5.98. The smallest absolute Gasteiger partial charge is 0.241 e. The normalized spacial score (nSPS) is 15.4. The fraction of sp³-hybridized carbons (Fsp3) is 0.316. The van der Waals surface area contributed by atoms with Gasteiger partial charge in [-0.15, -0.1) is 24.8 Å². The van der Waals surface area contributed by atoms with E-state index < -0.39 is 0 Å². The Balaban J connectivity index is 0.00000156. The second-order valence-corrected chi connectivity index (χ2v) is 5.86. The number of anilines is 1. The number of benzene rings is 2. The number of hydrogen-bond acceptors (Lipinski definition) is 3. The maximum atomic E-state index is 12.6. The summed E-state index contributed by atoms with van der Waals surface area (Å²) < 4.78 is 0. The molecular weight excluding hydrogens is 357 g/mol. The van der Waals surface area contributed by atoms with Crippen LogP contribution in [0.5, 0.6) is 0 Å². The van der Waals surface area contributed by atoms with Gasteiger partial charge < -0.3 is 10.6 Å². The van der Waals surface area contributed by atoms with E-state index in [1.54, 1.807) is 0 Å². The zero-order valence-electron chi connectivity index (χ0n) is 14.3. The van der Waals surface area contributed by atoms with Gasteiger partial charge in [-0.3, -0.25) is 9.69 Å². The third-order valence-electron chi connectivity index (χ3n) is 4.35. The molecule has 1 saturated heterocycles. The SMILES string of the molecule is CC(C(=O)Nc1ccccc1-c1ccccc1)N1CCNCC1.Cl.Cl. The van der Waals surface area contributed by atoms with Crippen molar-refractivity contribution in [3.63, 3.8) is 0 Å². The molecule has 3 rings (SSSR count). The van der Waals surface area contributed by atoms with Gasteiger partial charge in [0.05, 0.1) is 6.04 Å². The zero-order chi connectivity index (χ0) is 16.1. The van der Waals surface area contributed by atoms with E-state index in [1.807, 2.05) is 49.4 Å². The van der Waals surface area contributed by atoms with Crippen LogP contribution in [-0.2, 0) is 4.79 Å². The minimum absolute atomic E-state index is 0. The highest BCUT2D eigenvalue weighted by atomic mass is 35.5. The molecule has 2 aromatic carbocycles. The number of carbonyl (C=O) groups excluding carboxylic acids is 1. The average Bonchev–Trinajstić information content (AvgIpc) is 2.63. The maximum absolute atomic E-state index is 12.6. The van der Waals surface area contributed by atoms with Crippen molar-refractivity contribution >= 4 is 36.4 Å². The van der Waals surface area contributed by atoms with E-state index in [2.05, 4.69) is 27.7 Å². The number of nitrogens with zero attached hydrogens (tertiary/aromatic N) is 1. The number of rotatable bonds is 4. The molecule has 2 N–H and O–H groups in total. The molecule has 6 heteroatoms. The van der Waals surface area contributed by atoms with Crippen LogP contribution in [0.2, 0.25) is 0 Å². The second-order valence-electron chi connectivity index (χ2n) is 5.86. The summed E-state index contributed by atoms with van der Waals surface area (Å²) in [6.07, 6.45) is 0. The number of para-hydroxylation sites is 1. The molecule has 0 aliphatic carbocycles. The molecule has 1 amide bonds. The minimum Gasteiger partial charge on any atom is -0.324 e. The predicted molar refractivity (Wildman–Crippen MR) is 109 cm³/mol. The molecular formula is C19H25Cl2N3O. The van der Waals surface area contributed by atoms with Crippen molar-refractivity contribution in [1.29, 1.82) is 0 Å². The number of piperazine rings is 1. The lowest BCUT2D eigenvalue weighted by Crippen LogP contribution is -2.51. The molecule has 0 radical (unpaired) electrons. The van der Waals surface area contributed by atoms with Gasteiger partial charge in [0.25, 0.3) is 0 Å². The molecule has 1 fully saturated rings. The molecule has 2 aromatic rings. The molecule has 1 heterocycles. The van der Waals surface area contributed by atoms with Gasteiger partial charge in [-0.25, -0.2) is 0 Å². The first kappa shape index (κ1) is 21.5. The van der Waals surface area contributed by atoms with Crippen molar-refractivity contribution in [3.05, 3.63) is 54.6 Å². The molecule has 25 heavy (non-hydrogen) atoms. The van der Waals surface area contributed by atoms with Crippen LogP contribution in [0.4, 0.5) is 5.69 Å². The first-order valence-corrected chi connectivity index (χ1v) is 8.16. The topological polar surface area (TPSA) is 44.4 Å². The van der Waals surface area contributed by atoms with Gasteiger partial charge in [0, 0.05) is 37.4 Å². The molecule has 1 atom stereocenters. The Bertz CT molecular complexity index is 661. The Morgan fingerprint density at radius 2 is 1.60 bits per heavy atom. The van der Waals surface area contributed by atoms with Gasteiger partial charge in [-0.2, -0.15) is 0 Å². The summed E-state index contributed by atoms with van der Waals surface area (Å²) in [6.45, 7) is 5.69. The molecule has 136 valence electrons. The van der Waals surface area contributed by atoms with Crippen molar-refractivity contribution in [2.75, 3.05) is 31.5 Å².